The lowest BCUT2D eigenvalue weighted by molar-refractivity contribution is 0.284. The maximum atomic E-state index is 5.58. The van der Waals surface area contributed by atoms with Gasteiger partial charge in [-0.3, -0.25) is 0 Å². The second kappa shape index (κ2) is 6.16. The van der Waals surface area contributed by atoms with Crippen LogP contribution in [0.4, 0.5) is 5.82 Å². The maximum Gasteiger partial charge on any atom is 0.128 e. The minimum Gasteiger partial charge on any atom is -0.357 e. The van der Waals surface area contributed by atoms with E-state index in [0.717, 1.165) is 30.4 Å². The van der Waals surface area contributed by atoms with Crippen molar-refractivity contribution in [2.24, 2.45) is 11.7 Å². The summed E-state index contributed by atoms with van der Waals surface area (Å²) in [5, 5.41) is 0. The predicted octanol–water partition coefficient (Wildman–Crippen LogP) is 1.32. The Hall–Kier alpha value is -1.13. The van der Waals surface area contributed by atoms with Crippen molar-refractivity contribution in [3.05, 3.63) is 23.9 Å². The number of pyridine rings is 1. The fourth-order valence-electron chi connectivity index (χ4n) is 2.59. The molecule has 4 nitrogen and oxygen atoms in total. The summed E-state index contributed by atoms with van der Waals surface area (Å²) in [5.74, 6) is 1.93. The number of rotatable bonds is 4. The lowest BCUT2D eigenvalue weighted by Crippen LogP contribution is -2.37. The van der Waals surface area contributed by atoms with Crippen LogP contribution in [0.5, 0.6) is 0 Å². The largest absolute Gasteiger partial charge is 0.357 e. The number of hydrogen-bond acceptors (Lipinski definition) is 4. The Kier molecular flexibility index (Phi) is 4.55. The van der Waals surface area contributed by atoms with Crippen LogP contribution in [0.15, 0.2) is 18.3 Å². The van der Waals surface area contributed by atoms with Crippen LogP contribution < -0.4 is 10.6 Å². The van der Waals surface area contributed by atoms with Gasteiger partial charge >= 0.3 is 0 Å². The van der Waals surface area contributed by atoms with Crippen molar-refractivity contribution < 1.29 is 0 Å². The second-order valence-electron chi connectivity index (χ2n) is 5.42. The van der Waals surface area contributed by atoms with Crippen LogP contribution in [-0.2, 0) is 6.54 Å². The summed E-state index contributed by atoms with van der Waals surface area (Å²) in [4.78, 5) is 9.16. The fourth-order valence-corrected chi connectivity index (χ4v) is 2.59. The minimum atomic E-state index is 0.568. The van der Waals surface area contributed by atoms with Crippen LogP contribution in [0.1, 0.15) is 18.4 Å². The summed E-state index contributed by atoms with van der Waals surface area (Å²) in [6.45, 7) is 4.01. The Morgan fingerprint density at radius 3 is 2.56 bits per heavy atom. The zero-order valence-electron chi connectivity index (χ0n) is 11.5. The third-order valence-electron chi connectivity index (χ3n) is 3.61. The summed E-state index contributed by atoms with van der Waals surface area (Å²) in [6.07, 6.45) is 4.41. The van der Waals surface area contributed by atoms with E-state index in [2.05, 4.69) is 41.0 Å². The molecular weight excluding hydrogens is 224 g/mol. The molecule has 0 spiro atoms. The molecule has 4 heteroatoms. The Bertz CT molecular complexity index is 353. The lowest BCUT2D eigenvalue weighted by Gasteiger charge is -2.34. The molecular formula is C14H24N4. The molecule has 0 atom stereocenters. The van der Waals surface area contributed by atoms with Crippen LogP contribution >= 0.6 is 0 Å². The quantitative estimate of drug-likeness (QED) is 0.873. The third-order valence-corrected chi connectivity index (χ3v) is 3.61. The third kappa shape index (κ3) is 3.43. The fraction of sp³-hybridized carbons (Fsp3) is 0.643. The highest BCUT2D eigenvalue weighted by atomic mass is 15.2. The van der Waals surface area contributed by atoms with Crippen LogP contribution in [0, 0.1) is 5.92 Å². The number of anilines is 1. The number of hydrogen-bond donors (Lipinski definition) is 1. The molecule has 100 valence electrons. The normalized spacial score (nSPS) is 17.4. The van der Waals surface area contributed by atoms with Gasteiger partial charge in [0.05, 0.1) is 0 Å². The SMILES string of the molecule is CN(C)CC1CCN(c2ccc(CN)cn2)CC1. The number of aromatic nitrogens is 1. The summed E-state index contributed by atoms with van der Waals surface area (Å²) >= 11 is 0. The average Bonchev–Trinajstić information content (AvgIpc) is 2.39. The summed E-state index contributed by atoms with van der Waals surface area (Å²) in [6, 6.07) is 4.17. The van der Waals surface area contributed by atoms with Gasteiger partial charge in [0.1, 0.15) is 5.82 Å². The first-order chi connectivity index (χ1) is 8.69. The first-order valence-corrected chi connectivity index (χ1v) is 6.73. The van der Waals surface area contributed by atoms with E-state index in [1.165, 1.54) is 19.4 Å². The summed E-state index contributed by atoms with van der Waals surface area (Å²) in [7, 11) is 4.30. The molecule has 1 aliphatic heterocycles. The van der Waals surface area contributed by atoms with Gasteiger partial charge in [0, 0.05) is 32.4 Å². The average molecular weight is 248 g/mol. The van der Waals surface area contributed by atoms with Crippen molar-refractivity contribution in [2.45, 2.75) is 19.4 Å². The molecule has 1 aromatic heterocycles. The first-order valence-electron chi connectivity index (χ1n) is 6.73. The van der Waals surface area contributed by atoms with Crippen molar-refractivity contribution in [1.29, 1.82) is 0 Å². The van der Waals surface area contributed by atoms with Gasteiger partial charge in [0.15, 0.2) is 0 Å². The second-order valence-corrected chi connectivity index (χ2v) is 5.42. The first kappa shape index (κ1) is 13.3. The van der Waals surface area contributed by atoms with Crippen LogP contribution in [0.3, 0.4) is 0 Å². The highest BCUT2D eigenvalue weighted by Crippen LogP contribution is 2.22. The van der Waals surface area contributed by atoms with Crippen LogP contribution in [0.25, 0.3) is 0 Å². The van der Waals surface area contributed by atoms with Crippen molar-refractivity contribution in [1.82, 2.24) is 9.88 Å². The highest BCUT2D eigenvalue weighted by Gasteiger charge is 2.20. The molecule has 2 N–H and O–H groups in total. The summed E-state index contributed by atoms with van der Waals surface area (Å²) in [5.41, 5.74) is 6.68. The van der Waals surface area contributed by atoms with Gasteiger partial charge in [-0.05, 0) is 44.5 Å². The molecule has 0 aromatic carbocycles. The molecule has 18 heavy (non-hydrogen) atoms. The Morgan fingerprint density at radius 1 is 1.33 bits per heavy atom. The van der Waals surface area contributed by atoms with Crippen molar-refractivity contribution in [3.8, 4) is 0 Å². The number of nitrogens with zero attached hydrogens (tertiary/aromatic N) is 3. The van der Waals surface area contributed by atoms with Gasteiger partial charge < -0.3 is 15.5 Å². The standard InChI is InChI=1S/C14H24N4/c1-17(2)11-12-5-7-18(8-6-12)14-4-3-13(9-15)10-16-14/h3-4,10,12H,5-9,11,15H2,1-2H3. The molecule has 0 radical (unpaired) electrons. The lowest BCUT2D eigenvalue weighted by atomic mass is 9.96. The smallest absolute Gasteiger partial charge is 0.128 e. The molecule has 1 fully saturated rings. The summed E-state index contributed by atoms with van der Waals surface area (Å²) < 4.78 is 0. The molecule has 1 saturated heterocycles. The van der Waals surface area contributed by atoms with Crippen molar-refractivity contribution >= 4 is 5.82 Å². The molecule has 0 saturated carbocycles. The van der Waals surface area contributed by atoms with Gasteiger partial charge in [0.2, 0.25) is 0 Å². The molecule has 0 aliphatic carbocycles. The Balaban J connectivity index is 1.88. The Labute approximate surface area is 110 Å². The van der Waals surface area contributed by atoms with Crippen LogP contribution in [-0.4, -0.2) is 43.6 Å². The molecule has 2 rings (SSSR count). The van der Waals surface area contributed by atoms with Crippen LogP contribution in [0.2, 0.25) is 0 Å². The number of piperidine rings is 1. The highest BCUT2D eigenvalue weighted by molar-refractivity contribution is 5.39. The van der Waals surface area contributed by atoms with E-state index in [4.69, 9.17) is 5.73 Å². The van der Waals surface area contributed by atoms with E-state index in [0.29, 0.717) is 6.54 Å². The van der Waals surface area contributed by atoms with Crippen molar-refractivity contribution in [3.63, 3.8) is 0 Å². The molecule has 1 aromatic rings. The van der Waals surface area contributed by atoms with E-state index in [1.54, 1.807) is 0 Å². The monoisotopic (exact) mass is 248 g/mol. The molecule has 0 amide bonds. The van der Waals surface area contributed by atoms with Crippen molar-refractivity contribution in [2.75, 3.05) is 38.6 Å². The molecule has 0 unspecified atom stereocenters. The number of nitrogens with two attached hydrogens (primary N) is 1. The van der Waals surface area contributed by atoms with E-state index in [9.17, 15) is 0 Å². The van der Waals surface area contributed by atoms with Gasteiger partial charge in [-0.2, -0.15) is 0 Å². The van der Waals surface area contributed by atoms with E-state index in [1.807, 2.05) is 6.20 Å². The zero-order valence-corrected chi connectivity index (χ0v) is 11.5. The molecule has 0 bridgehead atoms. The van der Waals surface area contributed by atoms with E-state index in [-0.39, 0.29) is 0 Å². The molecule has 2 heterocycles. The maximum absolute atomic E-state index is 5.58. The van der Waals surface area contributed by atoms with Gasteiger partial charge in [-0.1, -0.05) is 6.07 Å². The topological polar surface area (TPSA) is 45.4 Å². The zero-order chi connectivity index (χ0) is 13.0. The molecule has 1 aliphatic rings. The van der Waals surface area contributed by atoms with Gasteiger partial charge in [0.25, 0.3) is 0 Å². The minimum absolute atomic E-state index is 0.568. The Morgan fingerprint density at radius 2 is 2.06 bits per heavy atom. The van der Waals surface area contributed by atoms with E-state index >= 15 is 0 Å². The van der Waals surface area contributed by atoms with Gasteiger partial charge in [-0.25, -0.2) is 4.98 Å². The predicted molar refractivity (Wildman–Crippen MR) is 75.6 cm³/mol. The van der Waals surface area contributed by atoms with Gasteiger partial charge in [-0.15, -0.1) is 0 Å². The van der Waals surface area contributed by atoms with E-state index < -0.39 is 0 Å².